The summed E-state index contributed by atoms with van der Waals surface area (Å²) >= 11 is 5.95. The van der Waals surface area contributed by atoms with Crippen LogP contribution in [0.25, 0.3) is 11.0 Å². The first-order chi connectivity index (χ1) is 10.3. The number of aliphatic carboxylic acids is 1. The van der Waals surface area contributed by atoms with E-state index in [9.17, 15) is 18.4 Å². The zero-order valence-electron chi connectivity index (χ0n) is 11.4. The molecule has 0 aliphatic rings. The summed E-state index contributed by atoms with van der Waals surface area (Å²) in [6, 6.07) is 3.23. The van der Waals surface area contributed by atoms with E-state index in [0.29, 0.717) is 16.0 Å². The van der Waals surface area contributed by atoms with Gasteiger partial charge in [0.25, 0.3) is 5.91 Å². The Morgan fingerprint density at radius 1 is 1.41 bits per heavy atom. The van der Waals surface area contributed by atoms with Crippen molar-refractivity contribution < 1.29 is 27.9 Å². The number of fused-ring (bicyclic) bond motifs is 1. The number of rotatable bonds is 5. The highest BCUT2D eigenvalue weighted by molar-refractivity contribution is 6.35. The van der Waals surface area contributed by atoms with E-state index in [1.54, 1.807) is 25.1 Å². The summed E-state index contributed by atoms with van der Waals surface area (Å²) in [5, 5.41) is 11.8. The van der Waals surface area contributed by atoms with Crippen LogP contribution in [0, 0.1) is 6.92 Å². The molecule has 2 aromatic rings. The van der Waals surface area contributed by atoms with Gasteiger partial charge in [0.05, 0.1) is 5.02 Å². The Morgan fingerprint density at radius 3 is 2.64 bits per heavy atom. The minimum absolute atomic E-state index is 0.149. The Bertz CT molecular complexity index is 729. The van der Waals surface area contributed by atoms with E-state index in [-0.39, 0.29) is 11.3 Å². The van der Waals surface area contributed by atoms with Crippen LogP contribution in [0.2, 0.25) is 5.02 Å². The Hall–Kier alpha value is -2.15. The molecule has 0 saturated carbocycles. The van der Waals surface area contributed by atoms with Crippen LogP contribution in [0.1, 0.15) is 22.5 Å². The van der Waals surface area contributed by atoms with E-state index in [1.807, 2.05) is 5.32 Å². The highest BCUT2D eigenvalue weighted by atomic mass is 35.5. The van der Waals surface area contributed by atoms with Crippen LogP contribution < -0.4 is 5.32 Å². The molecule has 8 heteroatoms. The number of halogens is 3. The molecular formula is C14H12ClF2NO4. The standard InChI is InChI=1S/C14H12ClF2NO4/c1-6-7-3-2-4-8(15)12(7)22-11(6)13(19)18-9(14(20)21)5-10(16)17/h2-4,9-10H,5H2,1H3,(H,18,19)(H,20,21). The Labute approximate surface area is 128 Å². The minimum Gasteiger partial charge on any atom is -0.480 e. The molecule has 22 heavy (non-hydrogen) atoms. The van der Waals surface area contributed by atoms with Gasteiger partial charge in [-0.1, -0.05) is 23.7 Å². The molecule has 2 N–H and O–H groups in total. The molecule has 1 amide bonds. The molecule has 2 rings (SSSR count). The maximum absolute atomic E-state index is 12.3. The first-order valence-corrected chi connectivity index (χ1v) is 6.68. The maximum Gasteiger partial charge on any atom is 0.326 e. The first kappa shape index (κ1) is 16.2. The number of hydrogen-bond acceptors (Lipinski definition) is 3. The topological polar surface area (TPSA) is 79.5 Å². The number of amides is 1. The van der Waals surface area contributed by atoms with Gasteiger partial charge >= 0.3 is 5.97 Å². The molecule has 5 nitrogen and oxygen atoms in total. The zero-order valence-corrected chi connectivity index (χ0v) is 12.2. The highest BCUT2D eigenvalue weighted by Gasteiger charge is 2.27. The second-order valence-corrected chi connectivity index (χ2v) is 5.07. The fraction of sp³-hybridized carbons (Fsp3) is 0.286. The molecule has 118 valence electrons. The van der Waals surface area contributed by atoms with Crippen molar-refractivity contribution in [3.8, 4) is 0 Å². The number of benzene rings is 1. The summed E-state index contributed by atoms with van der Waals surface area (Å²) in [7, 11) is 0. The molecule has 0 saturated heterocycles. The zero-order chi connectivity index (χ0) is 16.4. The SMILES string of the molecule is Cc1c(C(=O)NC(CC(F)F)C(=O)O)oc2c(Cl)cccc12. The number of carboxylic acids is 1. The predicted octanol–water partition coefficient (Wildman–Crippen LogP) is 3.23. The van der Waals surface area contributed by atoms with Crippen molar-refractivity contribution in [2.24, 2.45) is 0 Å². The van der Waals surface area contributed by atoms with Crippen molar-refractivity contribution in [1.82, 2.24) is 5.32 Å². The molecule has 0 spiro atoms. The van der Waals surface area contributed by atoms with E-state index >= 15 is 0 Å². The van der Waals surface area contributed by atoms with Crippen molar-refractivity contribution in [1.29, 1.82) is 0 Å². The number of furan rings is 1. The van der Waals surface area contributed by atoms with Crippen LogP contribution >= 0.6 is 11.6 Å². The van der Waals surface area contributed by atoms with E-state index in [4.69, 9.17) is 21.1 Å². The van der Waals surface area contributed by atoms with Crippen molar-refractivity contribution in [3.05, 3.63) is 34.5 Å². The summed E-state index contributed by atoms with van der Waals surface area (Å²) in [5.74, 6) is -2.57. The van der Waals surface area contributed by atoms with Crippen LogP contribution in [0.15, 0.2) is 22.6 Å². The average Bonchev–Trinajstić information content (AvgIpc) is 2.76. The molecular weight excluding hydrogens is 320 g/mol. The maximum atomic E-state index is 12.3. The summed E-state index contributed by atoms with van der Waals surface area (Å²) < 4.78 is 30.0. The summed E-state index contributed by atoms with van der Waals surface area (Å²) in [6.07, 6.45) is -3.84. The lowest BCUT2D eigenvalue weighted by Gasteiger charge is -2.13. The third-order valence-corrected chi connectivity index (χ3v) is 3.44. The number of carbonyl (C=O) groups is 2. The van der Waals surface area contributed by atoms with Gasteiger partial charge in [-0.3, -0.25) is 4.79 Å². The van der Waals surface area contributed by atoms with E-state index in [2.05, 4.69) is 0 Å². The lowest BCUT2D eigenvalue weighted by molar-refractivity contribution is -0.140. The Morgan fingerprint density at radius 2 is 2.09 bits per heavy atom. The van der Waals surface area contributed by atoms with Crippen molar-refractivity contribution in [2.75, 3.05) is 0 Å². The minimum atomic E-state index is -2.85. The Balaban J connectivity index is 2.31. The number of carbonyl (C=O) groups excluding carboxylic acids is 1. The number of aryl methyl sites for hydroxylation is 1. The molecule has 1 aromatic carbocycles. The fourth-order valence-corrected chi connectivity index (χ4v) is 2.26. The third kappa shape index (κ3) is 3.19. The van der Waals surface area contributed by atoms with Crippen molar-refractivity contribution >= 4 is 34.4 Å². The van der Waals surface area contributed by atoms with Gasteiger partial charge in [0.1, 0.15) is 6.04 Å². The normalized spacial score (nSPS) is 12.6. The smallest absolute Gasteiger partial charge is 0.326 e. The largest absolute Gasteiger partial charge is 0.480 e. The van der Waals surface area contributed by atoms with Gasteiger partial charge in [-0.05, 0) is 13.0 Å². The van der Waals surface area contributed by atoms with Crippen molar-refractivity contribution in [2.45, 2.75) is 25.8 Å². The molecule has 0 bridgehead atoms. The monoisotopic (exact) mass is 331 g/mol. The number of carboxylic acid groups (broad SMARTS) is 1. The molecule has 1 atom stereocenters. The van der Waals surface area contributed by atoms with Gasteiger partial charge < -0.3 is 14.8 Å². The lowest BCUT2D eigenvalue weighted by atomic mass is 10.1. The van der Waals surface area contributed by atoms with Crippen molar-refractivity contribution in [3.63, 3.8) is 0 Å². The van der Waals surface area contributed by atoms with E-state index in [0.717, 1.165) is 0 Å². The highest BCUT2D eigenvalue weighted by Crippen LogP contribution is 2.30. The third-order valence-electron chi connectivity index (χ3n) is 3.14. The van der Waals surface area contributed by atoms with Gasteiger partial charge in [0, 0.05) is 17.4 Å². The first-order valence-electron chi connectivity index (χ1n) is 6.30. The molecule has 1 unspecified atom stereocenters. The lowest BCUT2D eigenvalue weighted by Crippen LogP contribution is -2.42. The molecule has 1 heterocycles. The van der Waals surface area contributed by atoms with Gasteiger partial charge in [-0.15, -0.1) is 0 Å². The van der Waals surface area contributed by atoms with Gasteiger partial charge in [-0.25, -0.2) is 13.6 Å². The average molecular weight is 332 g/mol. The van der Waals surface area contributed by atoms with Crippen LogP contribution in [0.5, 0.6) is 0 Å². The van der Waals surface area contributed by atoms with E-state index < -0.39 is 30.8 Å². The van der Waals surface area contributed by atoms with E-state index in [1.165, 1.54) is 0 Å². The second kappa shape index (κ2) is 6.31. The quantitative estimate of drug-likeness (QED) is 0.881. The summed E-state index contributed by atoms with van der Waals surface area (Å²) in [5.41, 5.74) is 0.740. The van der Waals surface area contributed by atoms with Gasteiger partial charge in [-0.2, -0.15) is 0 Å². The predicted molar refractivity (Wildman–Crippen MR) is 75.5 cm³/mol. The van der Waals surface area contributed by atoms with Crippen LogP contribution in [0.3, 0.4) is 0 Å². The fourth-order valence-electron chi connectivity index (χ4n) is 2.05. The number of nitrogens with one attached hydrogen (secondary N) is 1. The number of alkyl halides is 2. The number of hydrogen-bond donors (Lipinski definition) is 2. The van der Waals surface area contributed by atoms with Gasteiger partial charge in [0.2, 0.25) is 6.43 Å². The van der Waals surface area contributed by atoms with Crippen LogP contribution in [-0.2, 0) is 4.79 Å². The molecule has 0 fully saturated rings. The molecule has 0 aliphatic carbocycles. The summed E-state index contributed by atoms with van der Waals surface area (Å²) in [6.45, 7) is 1.60. The Kier molecular flexibility index (Phi) is 4.65. The molecule has 1 aromatic heterocycles. The van der Waals surface area contributed by atoms with Crippen LogP contribution in [0.4, 0.5) is 8.78 Å². The van der Waals surface area contributed by atoms with Crippen LogP contribution in [-0.4, -0.2) is 29.5 Å². The second-order valence-electron chi connectivity index (χ2n) is 4.66. The number of para-hydroxylation sites is 1. The summed E-state index contributed by atoms with van der Waals surface area (Å²) in [4.78, 5) is 23.0. The molecule has 0 aliphatic heterocycles. The molecule has 0 radical (unpaired) electrons. The van der Waals surface area contributed by atoms with Gasteiger partial charge in [0.15, 0.2) is 11.3 Å².